The fourth-order valence-corrected chi connectivity index (χ4v) is 3.76. The zero-order valence-corrected chi connectivity index (χ0v) is 18.5. The lowest BCUT2D eigenvalue weighted by molar-refractivity contribution is -0.190. The highest BCUT2D eigenvalue weighted by molar-refractivity contribution is 5.84. The van der Waals surface area contributed by atoms with Crippen molar-refractivity contribution in [1.82, 2.24) is 19.6 Å². The van der Waals surface area contributed by atoms with Crippen LogP contribution >= 0.6 is 0 Å². The molecule has 2 aromatic heterocycles. The van der Waals surface area contributed by atoms with Crippen LogP contribution in [0, 0.1) is 30.0 Å². The van der Waals surface area contributed by atoms with Crippen LogP contribution in [-0.2, 0) is 0 Å². The zero-order chi connectivity index (χ0) is 24.3. The third kappa shape index (κ3) is 3.57. The molecule has 0 aliphatic carbocycles. The van der Waals surface area contributed by atoms with Gasteiger partial charge in [0.05, 0.1) is 29.0 Å². The number of nitrogens with one attached hydrogen (secondary N) is 1. The smallest absolute Gasteiger partial charge is 0.404 e. The summed E-state index contributed by atoms with van der Waals surface area (Å²) in [6, 6.07) is 9.37. The molecule has 6 nitrogen and oxygen atoms in total. The summed E-state index contributed by atoms with van der Waals surface area (Å²) in [5.41, 5.74) is -0.183. The summed E-state index contributed by atoms with van der Waals surface area (Å²) >= 11 is 0. The van der Waals surface area contributed by atoms with Crippen molar-refractivity contribution in [3.8, 4) is 17.6 Å². The quantitative estimate of drug-likeness (QED) is 0.306. The van der Waals surface area contributed by atoms with Crippen LogP contribution in [0.5, 0.6) is 5.75 Å². The number of rotatable bonds is 1. The molecule has 2 aromatic carbocycles. The maximum atomic E-state index is 14.2. The van der Waals surface area contributed by atoms with E-state index >= 15 is 0 Å². The van der Waals surface area contributed by atoms with Crippen molar-refractivity contribution in [3.05, 3.63) is 59.3 Å². The Labute approximate surface area is 192 Å². The monoisotopic (exact) mass is 469 g/mol. The van der Waals surface area contributed by atoms with Gasteiger partial charge >= 0.3 is 6.18 Å². The first-order valence-electron chi connectivity index (χ1n) is 10.5. The van der Waals surface area contributed by atoms with Crippen LogP contribution in [0.15, 0.2) is 36.4 Å². The van der Waals surface area contributed by atoms with Gasteiger partial charge in [-0.3, -0.25) is 4.40 Å². The molecule has 4 aromatic rings. The number of aromatic nitrogens is 4. The van der Waals surface area contributed by atoms with Gasteiger partial charge in [-0.25, -0.2) is 9.37 Å². The molecule has 1 unspecified atom stereocenters. The third-order valence-corrected chi connectivity index (χ3v) is 5.78. The van der Waals surface area contributed by atoms with E-state index in [-0.39, 0.29) is 0 Å². The van der Waals surface area contributed by atoms with E-state index in [0.29, 0.717) is 51.7 Å². The zero-order valence-electron chi connectivity index (χ0n) is 18.5. The van der Waals surface area contributed by atoms with E-state index in [9.17, 15) is 17.6 Å². The van der Waals surface area contributed by atoms with E-state index in [1.54, 1.807) is 35.6 Å². The fraction of sp³-hybridized carbons (Fsp3) is 0.292. The Morgan fingerprint density at radius 3 is 2.71 bits per heavy atom. The maximum absolute atomic E-state index is 14.2. The molecule has 5 rings (SSSR count). The molecule has 3 heterocycles. The van der Waals surface area contributed by atoms with E-state index in [4.69, 9.17) is 4.74 Å². The van der Waals surface area contributed by atoms with Crippen LogP contribution in [0.4, 0.5) is 23.2 Å². The van der Waals surface area contributed by atoms with Gasteiger partial charge in [0.2, 0.25) is 0 Å². The first-order valence-corrected chi connectivity index (χ1v) is 10.5. The first kappa shape index (κ1) is 21.9. The Kier molecular flexibility index (Phi) is 4.90. The Balaban J connectivity index is 1.61. The molecule has 0 amide bonds. The maximum Gasteiger partial charge on any atom is 0.404 e. The molecular formula is C24H19F4N5O. The molecule has 0 spiro atoms. The van der Waals surface area contributed by atoms with E-state index in [1.807, 2.05) is 0 Å². The minimum Gasteiger partial charge on any atom is -0.479 e. The van der Waals surface area contributed by atoms with Crippen LogP contribution < -0.4 is 10.1 Å². The van der Waals surface area contributed by atoms with Crippen LogP contribution in [0.3, 0.4) is 0 Å². The molecule has 0 fully saturated rings. The summed E-state index contributed by atoms with van der Waals surface area (Å²) in [5.74, 6) is 5.75. The normalized spacial score (nSPS) is 15.9. The van der Waals surface area contributed by atoms with Gasteiger partial charge in [-0.2, -0.15) is 13.2 Å². The average Bonchev–Trinajstić information content (AvgIpc) is 3.16. The van der Waals surface area contributed by atoms with E-state index in [1.165, 1.54) is 12.1 Å². The van der Waals surface area contributed by atoms with E-state index in [0.717, 1.165) is 13.8 Å². The molecule has 34 heavy (non-hydrogen) atoms. The van der Waals surface area contributed by atoms with Gasteiger partial charge in [-0.1, -0.05) is 17.9 Å². The predicted molar refractivity (Wildman–Crippen MR) is 118 cm³/mol. The SMILES string of the molecule is Cc1nnc2nc(C3CNc4cccc(C#CC(C)(C)C(F)(F)F)c4O3)c3cc(F)ccc3n12. The largest absolute Gasteiger partial charge is 0.479 e. The van der Waals surface area contributed by atoms with Gasteiger partial charge in [0, 0.05) is 5.39 Å². The molecule has 1 aliphatic heterocycles. The number of ether oxygens (including phenoxy) is 1. The van der Waals surface area contributed by atoms with Crippen LogP contribution in [0.25, 0.3) is 16.7 Å². The Hall–Kier alpha value is -3.87. The Morgan fingerprint density at radius 2 is 1.94 bits per heavy atom. The second-order valence-corrected chi connectivity index (χ2v) is 8.58. The number of hydrogen-bond acceptors (Lipinski definition) is 5. The topological polar surface area (TPSA) is 64.3 Å². The highest BCUT2D eigenvalue weighted by Gasteiger charge is 2.46. The van der Waals surface area contributed by atoms with E-state index < -0.39 is 23.5 Å². The van der Waals surface area contributed by atoms with Gasteiger partial charge in [-0.15, -0.1) is 10.2 Å². The van der Waals surface area contributed by atoms with Crippen molar-refractivity contribution in [2.75, 3.05) is 11.9 Å². The van der Waals surface area contributed by atoms with Gasteiger partial charge in [0.15, 0.2) is 11.9 Å². The van der Waals surface area contributed by atoms with Crippen molar-refractivity contribution in [2.24, 2.45) is 5.41 Å². The standard InChI is InChI=1S/C24H19F4N5O/c1-13-31-32-22-30-20(16-11-15(25)7-8-18(16)33(13)22)19-12-29-17-6-4-5-14(21(17)34-19)9-10-23(2,3)24(26,27)28/h4-8,11,19,29H,12H2,1-3H3. The highest BCUT2D eigenvalue weighted by Crippen LogP contribution is 2.40. The fourth-order valence-electron chi connectivity index (χ4n) is 3.76. The first-order chi connectivity index (χ1) is 16.0. The number of nitrogens with zero attached hydrogens (tertiary/aromatic N) is 4. The van der Waals surface area contributed by atoms with Crippen molar-refractivity contribution in [2.45, 2.75) is 33.1 Å². The lowest BCUT2D eigenvalue weighted by Gasteiger charge is -2.28. The van der Waals surface area contributed by atoms with Crippen molar-refractivity contribution < 1.29 is 22.3 Å². The number of hydrogen-bond donors (Lipinski definition) is 1. The van der Waals surface area contributed by atoms with Crippen molar-refractivity contribution in [1.29, 1.82) is 0 Å². The highest BCUT2D eigenvalue weighted by atomic mass is 19.4. The molecule has 1 atom stereocenters. The third-order valence-electron chi connectivity index (χ3n) is 5.78. The summed E-state index contributed by atoms with van der Waals surface area (Å²) in [4.78, 5) is 4.58. The number of aryl methyl sites for hydroxylation is 1. The molecule has 0 saturated carbocycles. The predicted octanol–water partition coefficient (Wildman–Crippen LogP) is 5.21. The van der Waals surface area contributed by atoms with Gasteiger partial charge < -0.3 is 10.1 Å². The summed E-state index contributed by atoms with van der Waals surface area (Å²) in [7, 11) is 0. The molecule has 0 radical (unpaired) electrons. The Morgan fingerprint density at radius 1 is 1.15 bits per heavy atom. The minimum atomic E-state index is -4.48. The number of anilines is 1. The summed E-state index contributed by atoms with van der Waals surface area (Å²) in [6.45, 7) is 4.13. The summed E-state index contributed by atoms with van der Waals surface area (Å²) in [5, 5.41) is 11.9. The number of benzene rings is 2. The Bertz CT molecular complexity index is 1500. The lowest BCUT2D eigenvalue weighted by Crippen LogP contribution is -2.30. The molecule has 174 valence electrons. The number of halogens is 4. The summed E-state index contributed by atoms with van der Waals surface area (Å²) in [6.07, 6.45) is -5.15. The second kappa shape index (κ2) is 7.58. The second-order valence-electron chi connectivity index (χ2n) is 8.58. The number of alkyl halides is 3. The molecular weight excluding hydrogens is 450 g/mol. The lowest BCUT2D eigenvalue weighted by atomic mass is 9.93. The molecule has 1 aliphatic rings. The molecule has 10 heteroatoms. The summed E-state index contributed by atoms with van der Waals surface area (Å²) < 4.78 is 61.9. The number of para-hydroxylation sites is 1. The number of fused-ring (bicyclic) bond motifs is 4. The molecule has 1 N–H and O–H groups in total. The van der Waals surface area contributed by atoms with Crippen LogP contribution in [0.1, 0.15) is 37.0 Å². The minimum absolute atomic E-state index is 0.305. The van der Waals surface area contributed by atoms with Crippen molar-refractivity contribution >= 4 is 22.4 Å². The molecule has 0 bridgehead atoms. The van der Waals surface area contributed by atoms with Gasteiger partial charge in [0.25, 0.3) is 5.78 Å². The van der Waals surface area contributed by atoms with Crippen LogP contribution in [-0.4, -0.2) is 32.3 Å². The van der Waals surface area contributed by atoms with Crippen molar-refractivity contribution in [3.63, 3.8) is 0 Å². The van der Waals surface area contributed by atoms with Crippen LogP contribution in [0.2, 0.25) is 0 Å². The van der Waals surface area contributed by atoms with Gasteiger partial charge in [-0.05, 0) is 51.1 Å². The molecule has 0 saturated heterocycles. The van der Waals surface area contributed by atoms with Gasteiger partial charge in [0.1, 0.15) is 17.1 Å². The average molecular weight is 469 g/mol. The van der Waals surface area contributed by atoms with E-state index in [2.05, 4.69) is 32.3 Å².